The van der Waals surface area contributed by atoms with Crippen molar-refractivity contribution in [2.24, 2.45) is 0 Å². The van der Waals surface area contributed by atoms with Gasteiger partial charge in [0, 0.05) is 11.3 Å². The van der Waals surface area contributed by atoms with Gasteiger partial charge < -0.3 is 9.84 Å². The summed E-state index contributed by atoms with van der Waals surface area (Å²) in [5.41, 5.74) is 4.65. The fourth-order valence-electron chi connectivity index (χ4n) is 2.40. The van der Waals surface area contributed by atoms with Crippen molar-refractivity contribution >= 4 is 5.69 Å². The number of hydrogen-bond donors (Lipinski definition) is 1. The van der Waals surface area contributed by atoms with Gasteiger partial charge in [-0.1, -0.05) is 23.4 Å². The van der Waals surface area contributed by atoms with E-state index in [1.54, 1.807) is 19.1 Å². The first-order valence-corrected chi connectivity index (χ1v) is 7.88. The first kappa shape index (κ1) is 16.2. The number of nitrogens with one attached hydrogen (secondary N) is 1. The van der Waals surface area contributed by atoms with Crippen LogP contribution >= 0.6 is 0 Å². The predicted octanol–water partition coefficient (Wildman–Crippen LogP) is 4.97. The Balaban J connectivity index is 1.79. The van der Waals surface area contributed by atoms with Gasteiger partial charge in [0.25, 0.3) is 0 Å². The van der Waals surface area contributed by atoms with E-state index in [9.17, 15) is 4.39 Å². The summed E-state index contributed by atoms with van der Waals surface area (Å²) < 4.78 is 19.0. The minimum atomic E-state index is -0.278. The van der Waals surface area contributed by atoms with Crippen LogP contribution in [0, 0.1) is 26.6 Å². The van der Waals surface area contributed by atoms with Crippen molar-refractivity contribution < 1.29 is 8.91 Å². The molecule has 0 saturated carbocycles. The summed E-state index contributed by atoms with van der Waals surface area (Å²) in [6.45, 7) is 7.81. The van der Waals surface area contributed by atoms with Crippen LogP contribution in [0.4, 0.5) is 10.1 Å². The summed E-state index contributed by atoms with van der Waals surface area (Å²) in [6, 6.07) is 10.9. The third kappa shape index (κ3) is 3.30. The van der Waals surface area contributed by atoms with Gasteiger partial charge in [0.15, 0.2) is 0 Å². The zero-order valence-corrected chi connectivity index (χ0v) is 14.2. The largest absolute Gasteiger partial charge is 0.374 e. The first-order chi connectivity index (χ1) is 11.4. The summed E-state index contributed by atoms with van der Waals surface area (Å²) in [7, 11) is 0. The fraction of sp³-hybridized carbons (Fsp3) is 0.263. The Labute approximate surface area is 140 Å². The molecule has 0 bridgehead atoms. The molecule has 2 aromatic carbocycles. The molecular weight excluding hydrogens is 305 g/mol. The summed E-state index contributed by atoms with van der Waals surface area (Å²) in [5, 5.41) is 7.30. The highest BCUT2D eigenvalue weighted by molar-refractivity contribution is 5.55. The van der Waals surface area contributed by atoms with E-state index in [1.807, 2.05) is 13.0 Å². The van der Waals surface area contributed by atoms with Crippen molar-refractivity contribution in [1.29, 1.82) is 0 Å². The summed E-state index contributed by atoms with van der Waals surface area (Å²) in [5.74, 6) is 0.571. The normalized spacial score (nSPS) is 12.2. The first-order valence-electron chi connectivity index (χ1n) is 7.88. The topological polar surface area (TPSA) is 51.0 Å². The van der Waals surface area contributed by atoms with E-state index < -0.39 is 0 Å². The van der Waals surface area contributed by atoms with E-state index in [0.29, 0.717) is 22.8 Å². The van der Waals surface area contributed by atoms with Crippen LogP contribution in [0.5, 0.6) is 0 Å². The maximum absolute atomic E-state index is 13.7. The summed E-state index contributed by atoms with van der Waals surface area (Å²) in [4.78, 5) is 4.38. The molecular formula is C19H20FN3O. The number of aryl methyl sites for hydroxylation is 3. The van der Waals surface area contributed by atoms with E-state index >= 15 is 0 Å². The van der Waals surface area contributed by atoms with Crippen LogP contribution in [-0.4, -0.2) is 10.1 Å². The average Bonchev–Trinajstić information content (AvgIpc) is 3.04. The van der Waals surface area contributed by atoms with E-state index in [-0.39, 0.29) is 11.9 Å². The molecule has 1 N–H and O–H groups in total. The quantitative estimate of drug-likeness (QED) is 0.735. The molecule has 0 amide bonds. The summed E-state index contributed by atoms with van der Waals surface area (Å²) in [6.07, 6.45) is 0. The molecule has 0 aliphatic heterocycles. The van der Waals surface area contributed by atoms with Crippen molar-refractivity contribution in [2.45, 2.75) is 33.7 Å². The molecule has 3 rings (SSSR count). The van der Waals surface area contributed by atoms with Crippen molar-refractivity contribution in [1.82, 2.24) is 10.1 Å². The number of aromatic nitrogens is 2. The third-order valence-electron chi connectivity index (χ3n) is 4.13. The van der Waals surface area contributed by atoms with Gasteiger partial charge in [-0.2, -0.15) is 4.98 Å². The lowest BCUT2D eigenvalue weighted by molar-refractivity contribution is 0.368. The molecule has 124 valence electrons. The number of rotatable bonds is 4. The van der Waals surface area contributed by atoms with Gasteiger partial charge in [-0.3, -0.25) is 0 Å². The molecule has 5 heteroatoms. The highest BCUT2D eigenvalue weighted by Crippen LogP contribution is 2.24. The number of halogens is 1. The van der Waals surface area contributed by atoms with Crippen LogP contribution in [-0.2, 0) is 0 Å². The van der Waals surface area contributed by atoms with Crippen LogP contribution < -0.4 is 5.32 Å². The van der Waals surface area contributed by atoms with E-state index in [2.05, 4.69) is 41.4 Å². The van der Waals surface area contributed by atoms with Gasteiger partial charge in [-0.25, -0.2) is 4.39 Å². The SMILES string of the molecule is Cc1ccc(NC(C)c2nc(-c3ccc(C)c(F)c3)no2)cc1C. The van der Waals surface area contributed by atoms with Crippen molar-refractivity contribution in [2.75, 3.05) is 5.32 Å². The number of nitrogens with zero attached hydrogens (tertiary/aromatic N) is 2. The third-order valence-corrected chi connectivity index (χ3v) is 4.13. The molecule has 1 unspecified atom stereocenters. The molecule has 0 aliphatic rings. The van der Waals surface area contributed by atoms with E-state index in [1.165, 1.54) is 17.2 Å². The van der Waals surface area contributed by atoms with Crippen molar-refractivity contribution in [3.05, 3.63) is 64.8 Å². The van der Waals surface area contributed by atoms with Gasteiger partial charge in [0.2, 0.25) is 11.7 Å². The van der Waals surface area contributed by atoms with Crippen LogP contribution in [0.1, 0.15) is 35.5 Å². The lowest BCUT2D eigenvalue weighted by Gasteiger charge is -2.12. The second-order valence-electron chi connectivity index (χ2n) is 6.09. The van der Waals surface area contributed by atoms with Gasteiger partial charge in [0.05, 0.1) is 0 Å². The Morgan fingerprint density at radius 3 is 2.46 bits per heavy atom. The molecule has 1 heterocycles. The van der Waals surface area contributed by atoms with Gasteiger partial charge >= 0.3 is 0 Å². The number of benzene rings is 2. The highest BCUT2D eigenvalue weighted by atomic mass is 19.1. The Morgan fingerprint density at radius 2 is 1.75 bits per heavy atom. The Hall–Kier alpha value is -2.69. The van der Waals surface area contributed by atoms with Crippen LogP contribution in [0.3, 0.4) is 0 Å². The molecule has 0 radical (unpaired) electrons. The molecule has 1 aromatic heterocycles. The Kier molecular flexibility index (Phi) is 4.34. The second kappa shape index (κ2) is 6.43. The minimum absolute atomic E-state index is 0.149. The van der Waals surface area contributed by atoms with Crippen molar-refractivity contribution in [3.8, 4) is 11.4 Å². The van der Waals surface area contributed by atoms with E-state index in [0.717, 1.165) is 5.69 Å². The fourth-order valence-corrected chi connectivity index (χ4v) is 2.40. The molecule has 0 fully saturated rings. The highest BCUT2D eigenvalue weighted by Gasteiger charge is 2.16. The molecule has 1 atom stereocenters. The Morgan fingerprint density at radius 1 is 1.00 bits per heavy atom. The Bertz CT molecular complexity index is 873. The van der Waals surface area contributed by atoms with Gasteiger partial charge in [0.1, 0.15) is 11.9 Å². The van der Waals surface area contributed by atoms with Crippen LogP contribution in [0.25, 0.3) is 11.4 Å². The molecule has 0 aliphatic carbocycles. The molecule has 4 nitrogen and oxygen atoms in total. The van der Waals surface area contributed by atoms with Gasteiger partial charge in [-0.15, -0.1) is 0 Å². The lowest BCUT2D eigenvalue weighted by Crippen LogP contribution is -2.07. The predicted molar refractivity (Wildman–Crippen MR) is 92.4 cm³/mol. The zero-order valence-electron chi connectivity index (χ0n) is 14.2. The molecule has 0 saturated heterocycles. The smallest absolute Gasteiger partial charge is 0.249 e. The minimum Gasteiger partial charge on any atom is -0.374 e. The standard InChI is InChI=1S/C19H20FN3O/c1-11-6-8-16(9-13(11)3)21-14(4)19-22-18(23-24-19)15-7-5-12(2)17(20)10-15/h5-10,14,21H,1-4H3. The monoisotopic (exact) mass is 325 g/mol. The lowest BCUT2D eigenvalue weighted by atomic mass is 10.1. The van der Waals surface area contributed by atoms with E-state index in [4.69, 9.17) is 4.52 Å². The second-order valence-corrected chi connectivity index (χ2v) is 6.09. The molecule has 0 spiro atoms. The molecule has 3 aromatic rings. The number of hydrogen-bond acceptors (Lipinski definition) is 4. The average molecular weight is 325 g/mol. The zero-order chi connectivity index (χ0) is 17.3. The van der Waals surface area contributed by atoms with Gasteiger partial charge in [-0.05, 0) is 62.6 Å². The molecule has 24 heavy (non-hydrogen) atoms. The maximum Gasteiger partial charge on any atom is 0.249 e. The maximum atomic E-state index is 13.7. The van der Waals surface area contributed by atoms with Crippen LogP contribution in [0.15, 0.2) is 40.9 Å². The summed E-state index contributed by atoms with van der Waals surface area (Å²) >= 11 is 0. The van der Waals surface area contributed by atoms with Crippen molar-refractivity contribution in [3.63, 3.8) is 0 Å². The van der Waals surface area contributed by atoms with Crippen LogP contribution in [0.2, 0.25) is 0 Å². The number of anilines is 1.